The van der Waals surface area contributed by atoms with Crippen molar-refractivity contribution in [1.29, 1.82) is 0 Å². The molecule has 0 saturated carbocycles. The summed E-state index contributed by atoms with van der Waals surface area (Å²) in [6.45, 7) is -0.0467. The standard InChI is InChI=1S/C16H11F3N2O3/c17-16(18,19)10-3-1-4-11(7-10)20-13-8-14(22)21(15(13)23)9-12-5-2-6-24-12/h1-8,20H,9H2. The van der Waals surface area contributed by atoms with Crippen LogP contribution in [-0.2, 0) is 22.3 Å². The zero-order valence-corrected chi connectivity index (χ0v) is 12.1. The molecule has 2 amide bonds. The fourth-order valence-electron chi connectivity index (χ4n) is 2.24. The van der Waals surface area contributed by atoms with Crippen LogP contribution in [0.2, 0.25) is 0 Å². The Hall–Kier alpha value is -3.03. The number of hydrogen-bond donors (Lipinski definition) is 1. The van der Waals surface area contributed by atoms with Crippen LogP contribution in [-0.4, -0.2) is 16.7 Å². The molecule has 5 nitrogen and oxygen atoms in total. The normalized spacial score (nSPS) is 15.0. The average molecular weight is 336 g/mol. The Labute approximate surface area is 134 Å². The number of anilines is 1. The molecular formula is C16H11F3N2O3. The van der Waals surface area contributed by atoms with Crippen LogP contribution in [0.3, 0.4) is 0 Å². The number of nitrogens with one attached hydrogen (secondary N) is 1. The number of benzene rings is 1. The van der Waals surface area contributed by atoms with Gasteiger partial charge in [-0.25, -0.2) is 0 Å². The molecule has 0 spiro atoms. The predicted octanol–water partition coefficient (Wildman–Crippen LogP) is 3.16. The number of alkyl halides is 3. The third-order valence-corrected chi connectivity index (χ3v) is 3.37. The highest BCUT2D eigenvalue weighted by atomic mass is 19.4. The van der Waals surface area contributed by atoms with Gasteiger partial charge in [-0.05, 0) is 30.3 Å². The van der Waals surface area contributed by atoms with Crippen LogP contribution < -0.4 is 5.32 Å². The second-order valence-corrected chi connectivity index (χ2v) is 5.07. The second kappa shape index (κ2) is 5.88. The lowest BCUT2D eigenvalue weighted by atomic mass is 10.2. The molecule has 2 heterocycles. The highest BCUT2D eigenvalue weighted by molar-refractivity contribution is 6.17. The number of amides is 2. The second-order valence-electron chi connectivity index (χ2n) is 5.07. The molecule has 1 aromatic heterocycles. The van der Waals surface area contributed by atoms with Crippen molar-refractivity contribution in [2.24, 2.45) is 0 Å². The van der Waals surface area contributed by atoms with Crippen molar-refractivity contribution in [3.05, 3.63) is 65.8 Å². The van der Waals surface area contributed by atoms with Gasteiger partial charge in [0, 0.05) is 11.8 Å². The van der Waals surface area contributed by atoms with Gasteiger partial charge in [0.2, 0.25) is 0 Å². The van der Waals surface area contributed by atoms with Crippen LogP contribution in [0.5, 0.6) is 0 Å². The van der Waals surface area contributed by atoms with Crippen LogP contribution in [0.25, 0.3) is 0 Å². The molecule has 1 aliphatic heterocycles. The summed E-state index contributed by atoms with van der Waals surface area (Å²) in [7, 11) is 0. The Morgan fingerprint density at radius 1 is 1.12 bits per heavy atom. The molecule has 0 fully saturated rings. The van der Waals surface area contributed by atoms with Crippen molar-refractivity contribution in [2.75, 3.05) is 5.32 Å². The SMILES string of the molecule is O=C1C=C(Nc2cccc(C(F)(F)F)c2)C(=O)N1Cc1ccco1. The van der Waals surface area contributed by atoms with Crippen molar-refractivity contribution in [3.8, 4) is 0 Å². The number of carbonyl (C=O) groups excluding carboxylic acids is 2. The molecule has 124 valence electrons. The number of rotatable bonds is 4. The molecule has 0 unspecified atom stereocenters. The topological polar surface area (TPSA) is 62.6 Å². The van der Waals surface area contributed by atoms with E-state index in [1.54, 1.807) is 12.1 Å². The van der Waals surface area contributed by atoms with Gasteiger partial charge < -0.3 is 9.73 Å². The van der Waals surface area contributed by atoms with E-state index in [0.717, 1.165) is 23.1 Å². The molecule has 0 radical (unpaired) electrons. The molecular weight excluding hydrogens is 325 g/mol. The summed E-state index contributed by atoms with van der Waals surface area (Å²) in [5.41, 5.74) is -0.875. The Balaban J connectivity index is 1.75. The Morgan fingerprint density at radius 3 is 2.58 bits per heavy atom. The zero-order valence-electron chi connectivity index (χ0n) is 12.1. The van der Waals surface area contributed by atoms with Gasteiger partial charge in [0.05, 0.1) is 18.4 Å². The highest BCUT2D eigenvalue weighted by Gasteiger charge is 2.33. The smallest absolute Gasteiger partial charge is 0.416 e. The van der Waals surface area contributed by atoms with Crippen LogP contribution in [0.4, 0.5) is 18.9 Å². The number of furan rings is 1. The molecule has 1 aliphatic rings. The molecule has 0 saturated heterocycles. The first-order valence-electron chi connectivity index (χ1n) is 6.89. The predicted molar refractivity (Wildman–Crippen MR) is 77.4 cm³/mol. The number of imide groups is 1. The van der Waals surface area contributed by atoms with E-state index >= 15 is 0 Å². The van der Waals surface area contributed by atoms with E-state index in [-0.39, 0.29) is 17.9 Å². The van der Waals surface area contributed by atoms with Crippen molar-refractivity contribution in [3.63, 3.8) is 0 Å². The molecule has 1 N–H and O–H groups in total. The lowest BCUT2D eigenvalue weighted by Crippen LogP contribution is -2.31. The van der Waals surface area contributed by atoms with E-state index in [1.807, 2.05) is 0 Å². The quantitative estimate of drug-likeness (QED) is 0.871. The van der Waals surface area contributed by atoms with E-state index in [2.05, 4.69) is 5.32 Å². The minimum atomic E-state index is -4.49. The first-order chi connectivity index (χ1) is 11.3. The van der Waals surface area contributed by atoms with Gasteiger partial charge >= 0.3 is 6.18 Å². The van der Waals surface area contributed by atoms with E-state index in [9.17, 15) is 22.8 Å². The van der Waals surface area contributed by atoms with Crippen LogP contribution in [0.1, 0.15) is 11.3 Å². The lowest BCUT2D eigenvalue weighted by Gasteiger charge is -2.14. The molecule has 8 heteroatoms. The van der Waals surface area contributed by atoms with Gasteiger partial charge in [0.25, 0.3) is 11.8 Å². The summed E-state index contributed by atoms with van der Waals surface area (Å²) >= 11 is 0. The minimum absolute atomic E-state index is 0.0467. The monoisotopic (exact) mass is 336 g/mol. The molecule has 3 rings (SSSR count). The van der Waals surface area contributed by atoms with Crippen LogP contribution in [0, 0.1) is 0 Å². The van der Waals surface area contributed by atoms with Crippen molar-refractivity contribution >= 4 is 17.5 Å². The van der Waals surface area contributed by atoms with Crippen molar-refractivity contribution in [2.45, 2.75) is 12.7 Å². The Kier molecular flexibility index (Phi) is 3.88. The summed E-state index contributed by atoms with van der Waals surface area (Å²) in [5, 5.41) is 2.56. The summed E-state index contributed by atoms with van der Waals surface area (Å²) in [6.07, 6.45) is -2.03. The molecule has 2 aromatic rings. The van der Waals surface area contributed by atoms with Crippen molar-refractivity contribution < 1.29 is 27.2 Å². The number of nitrogens with zero attached hydrogens (tertiary/aromatic N) is 1. The van der Waals surface area contributed by atoms with Gasteiger partial charge in [-0.15, -0.1) is 0 Å². The fourth-order valence-corrected chi connectivity index (χ4v) is 2.24. The van der Waals surface area contributed by atoms with Crippen molar-refractivity contribution in [1.82, 2.24) is 4.90 Å². The third kappa shape index (κ3) is 3.17. The molecule has 0 atom stereocenters. The summed E-state index contributed by atoms with van der Waals surface area (Å²) in [6, 6.07) is 7.61. The number of hydrogen-bond acceptors (Lipinski definition) is 4. The van der Waals surface area contributed by atoms with E-state index in [4.69, 9.17) is 4.42 Å². The maximum atomic E-state index is 12.7. The Morgan fingerprint density at radius 2 is 1.92 bits per heavy atom. The Bertz CT molecular complexity index is 810. The van der Waals surface area contributed by atoms with E-state index in [0.29, 0.717) is 5.76 Å². The first kappa shape index (κ1) is 15.9. The van der Waals surface area contributed by atoms with Gasteiger partial charge in [0.1, 0.15) is 11.5 Å². The van der Waals surface area contributed by atoms with Gasteiger partial charge in [-0.2, -0.15) is 13.2 Å². The minimum Gasteiger partial charge on any atom is -0.467 e. The summed E-state index contributed by atoms with van der Waals surface area (Å²) in [5.74, 6) is -0.773. The zero-order chi connectivity index (χ0) is 17.3. The van der Waals surface area contributed by atoms with E-state index < -0.39 is 23.6 Å². The average Bonchev–Trinajstić information content (AvgIpc) is 3.11. The van der Waals surface area contributed by atoms with E-state index in [1.165, 1.54) is 18.4 Å². The lowest BCUT2D eigenvalue weighted by molar-refractivity contribution is -0.138. The van der Waals surface area contributed by atoms with Gasteiger partial charge in [0.15, 0.2) is 0 Å². The maximum absolute atomic E-state index is 12.7. The number of carbonyl (C=O) groups is 2. The third-order valence-electron chi connectivity index (χ3n) is 3.37. The largest absolute Gasteiger partial charge is 0.467 e. The highest BCUT2D eigenvalue weighted by Crippen LogP contribution is 2.31. The molecule has 1 aromatic carbocycles. The molecule has 0 aliphatic carbocycles. The maximum Gasteiger partial charge on any atom is 0.416 e. The van der Waals surface area contributed by atoms with Crippen LogP contribution >= 0.6 is 0 Å². The van der Waals surface area contributed by atoms with Crippen LogP contribution in [0.15, 0.2) is 58.9 Å². The summed E-state index contributed by atoms with van der Waals surface area (Å²) in [4.78, 5) is 25.1. The summed E-state index contributed by atoms with van der Waals surface area (Å²) < 4.78 is 43.2. The van der Waals surface area contributed by atoms with Gasteiger partial charge in [-0.3, -0.25) is 14.5 Å². The number of halogens is 3. The van der Waals surface area contributed by atoms with Gasteiger partial charge in [-0.1, -0.05) is 6.07 Å². The fraction of sp³-hybridized carbons (Fsp3) is 0.125. The molecule has 0 bridgehead atoms. The first-order valence-corrected chi connectivity index (χ1v) is 6.89. The molecule has 24 heavy (non-hydrogen) atoms.